The number of sulfonamides is 1. The number of carbonyl (C=O) groups is 1. The van der Waals surface area contributed by atoms with Crippen LogP contribution in [0, 0.1) is 0 Å². The van der Waals surface area contributed by atoms with Crippen molar-refractivity contribution >= 4 is 33.2 Å². The highest BCUT2D eigenvalue weighted by atomic mass is 35.5. The first-order chi connectivity index (χ1) is 15.8. The molecule has 0 spiro atoms. The summed E-state index contributed by atoms with van der Waals surface area (Å²) in [6.45, 7) is 1.85. The minimum Gasteiger partial charge on any atom is -0.345 e. The molecule has 0 saturated heterocycles. The second-order valence-electron chi connectivity index (χ2n) is 7.23. The maximum atomic E-state index is 13.0. The third-order valence-corrected chi connectivity index (χ3v) is 6.60. The van der Waals surface area contributed by atoms with Gasteiger partial charge in [0.05, 0.1) is 27.9 Å². The number of hydrogen-bond acceptors (Lipinski definition) is 5. The zero-order valence-corrected chi connectivity index (χ0v) is 19.1. The van der Waals surface area contributed by atoms with E-state index < -0.39 is 15.9 Å². The highest BCUT2D eigenvalue weighted by molar-refractivity contribution is 7.92. The predicted molar refractivity (Wildman–Crippen MR) is 126 cm³/mol. The van der Waals surface area contributed by atoms with Gasteiger partial charge in [0, 0.05) is 5.02 Å². The molecule has 4 aromatic rings. The maximum absolute atomic E-state index is 13.0. The van der Waals surface area contributed by atoms with Gasteiger partial charge in [0.2, 0.25) is 0 Å². The Morgan fingerprint density at radius 2 is 1.70 bits per heavy atom. The van der Waals surface area contributed by atoms with Crippen LogP contribution in [0.15, 0.2) is 90.3 Å². The molecule has 2 N–H and O–H groups in total. The fourth-order valence-electron chi connectivity index (χ4n) is 3.20. The van der Waals surface area contributed by atoms with Crippen LogP contribution >= 0.6 is 11.6 Å². The minimum atomic E-state index is -3.90. The van der Waals surface area contributed by atoms with Crippen molar-refractivity contribution in [1.82, 2.24) is 20.1 Å². The van der Waals surface area contributed by atoms with E-state index in [-0.39, 0.29) is 22.2 Å². The molecule has 8 nitrogen and oxygen atoms in total. The molecule has 4 rings (SSSR count). The van der Waals surface area contributed by atoms with Crippen molar-refractivity contribution < 1.29 is 13.2 Å². The van der Waals surface area contributed by atoms with Crippen LogP contribution in [0.4, 0.5) is 5.69 Å². The van der Waals surface area contributed by atoms with Crippen LogP contribution < -0.4 is 10.0 Å². The van der Waals surface area contributed by atoms with Gasteiger partial charge in [-0.2, -0.15) is 5.10 Å². The van der Waals surface area contributed by atoms with Crippen molar-refractivity contribution in [3.63, 3.8) is 0 Å². The third-order valence-electron chi connectivity index (χ3n) is 4.96. The number of nitrogens with zero attached hydrogens (tertiary/aromatic N) is 3. The van der Waals surface area contributed by atoms with Gasteiger partial charge in [0.1, 0.15) is 12.7 Å². The minimum absolute atomic E-state index is 0.0444. The second kappa shape index (κ2) is 9.43. The number of anilines is 1. The van der Waals surface area contributed by atoms with Crippen LogP contribution in [-0.2, 0) is 10.0 Å². The molecule has 1 atom stereocenters. The van der Waals surface area contributed by atoms with Crippen LogP contribution in [-0.4, -0.2) is 29.1 Å². The third kappa shape index (κ3) is 5.21. The standard InChI is InChI=1S/C23H20ClN5O3S/c1-16(17-6-10-19(11-7-17)29-15-25-14-26-29)27-23(30)21-4-2-3-5-22(21)28-33(31,32)20-12-8-18(24)9-13-20/h2-16,28H,1H3,(H,27,30). The number of halogens is 1. The van der Waals surface area contributed by atoms with Crippen LogP contribution in [0.25, 0.3) is 5.69 Å². The molecule has 168 valence electrons. The molecule has 33 heavy (non-hydrogen) atoms. The molecule has 1 aromatic heterocycles. The Morgan fingerprint density at radius 1 is 1.00 bits per heavy atom. The van der Waals surface area contributed by atoms with E-state index in [0.29, 0.717) is 5.02 Å². The Labute approximate surface area is 196 Å². The Kier molecular flexibility index (Phi) is 6.43. The summed E-state index contributed by atoms with van der Waals surface area (Å²) >= 11 is 5.85. The summed E-state index contributed by atoms with van der Waals surface area (Å²) in [4.78, 5) is 17.0. The highest BCUT2D eigenvalue weighted by Crippen LogP contribution is 2.23. The van der Waals surface area contributed by atoms with Crippen LogP contribution in [0.5, 0.6) is 0 Å². The van der Waals surface area contributed by atoms with E-state index in [1.54, 1.807) is 35.3 Å². The van der Waals surface area contributed by atoms with E-state index in [0.717, 1.165) is 11.3 Å². The zero-order valence-electron chi connectivity index (χ0n) is 17.5. The first kappa shape index (κ1) is 22.5. The lowest BCUT2D eigenvalue weighted by molar-refractivity contribution is 0.0941. The lowest BCUT2D eigenvalue weighted by Gasteiger charge is -2.17. The average molecular weight is 482 g/mol. The zero-order chi connectivity index (χ0) is 23.4. The topological polar surface area (TPSA) is 106 Å². The number of carbonyl (C=O) groups excluding carboxylic acids is 1. The van der Waals surface area contributed by atoms with E-state index in [1.807, 2.05) is 31.2 Å². The van der Waals surface area contributed by atoms with E-state index in [9.17, 15) is 13.2 Å². The summed E-state index contributed by atoms with van der Waals surface area (Å²) in [5.74, 6) is -0.405. The Hall–Kier alpha value is -3.69. The number of aromatic nitrogens is 3. The van der Waals surface area contributed by atoms with Crippen LogP contribution in [0.1, 0.15) is 28.9 Å². The SMILES string of the molecule is CC(NC(=O)c1ccccc1NS(=O)(=O)c1ccc(Cl)cc1)c1ccc(-n2cncn2)cc1. The molecular formula is C23H20ClN5O3S. The van der Waals surface area contributed by atoms with Gasteiger partial charge in [-0.05, 0) is 61.0 Å². The smallest absolute Gasteiger partial charge is 0.261 e. The van der Waals surface area contributed by atoms with Crippen molar-refractivity contribution in [2.24, 2.45) is 0 Å². The largest absolute Gasteiger partial charge is 0.345 e. The van der Waals surface area contributed by atoms with Crippen molar-refractivity contribution in [3.8, 4) is 5.69 Å². The van der Waals surface area contributed by atoms with Gasteiger partial charge in [0.15, 0.2) is 0 Å². The Balaban J connectivity index is 1.50. The molecular weight excluding hydrogens is 462 g/mol. The van der Waals surface area contributed by atoms with Crippen LogP contribution in [0.3, 0.4) is 0 Å². The molecule has 0 saturated carbocycles. The molecule has 0 aliphatic heterocycles. The average Bonchev–Trinajstić information content (AvgIpc) is 3.34. The molecule has 1 amide bonds. The molecule has 0 fully saturated rings. The number of para-hydroxylation sites is 1. The molecule has 1 unspecified atom stereocenters. The quantitative estimate of drug-likeness (QED) is 0.411. The molecule has 3 aromatic carbocycles. The van der Waals surface area contributed by atoms with Gasteiger partial charge in [-0.15, -0.1) is 0 Å². The van der Waals surface area contributed by atoms with Crippen molar-refractivity contribution in [2.75, 3.05) is 4.72 Å². The summed E-state index contributed by atoms with van der Waals surface area (Å²) < 4.78 is 29.7. The summed E-state index contributed by atoms with van der Waals surface area (Å²) in [6.07, 6.45) is 3.05. The van der Waals surface area contributed by atoms with Gasteiger partial charge in [-0.25, -0.2) is 18.1 Å². The van der Waals surface area contributed by atoms with E-state index in [4.69, 9.17) is 11.6 Å². The number of amides is 1. The van der Waals surface area contributed by atoms with E-state index in [2.05, 4.69) is 20.1 Å². The second-order valence-corrected chi connectivity index (χ2v) is 9.35. The number of hydrogen-bond donors (Lipinski definition) is 2. The fraction of sp³-hybridized carbons (Fsp3) is 0.0870. The molecule has 0 bridgehead atoms. The highest BCUT2D eigenvalue weighted by Gasteiger charge is 2.20. The number of benzene rings is 3. The van der Waals surface area contributed by atoms with Crippen molar-refractivity contribution in [1.29, 1.82) is 0 Å². The summed E-state index contributed by atoms with van der Waals surface area (Å²) in [5.41, 5.74) is 2.11. The number of nitrogens with one attached hydrogen (secondary N) is 2. The summed E-state index contributed by atoms with van der Waals surface area (Å²) in [7, 11) is -3.90. The van der Waals surface area contributed by atoms with Gasteiger partial charge in [-0.3, -0.25) is 9.52 Å². The van der Waals surface area contributed by atoms with Crippen molar-refractivity contribution in [3.05, 3.63) is 102 Å². The van der Waals surface area contributed by atoms with E-state index >= 15 is 0 Å². The fourth-order valence-corrected chi connectivity index (χ4v) is 4.41. The summed E-state index contributed by atoms with van der Waals surface area (Å²) in [5, 5.41) is 7.43. The number of rotatable bonds is 7. The molecule has 1 heterocycles. The van der Waals surface area contributed by atoms with E-state index in [1.165, 1.54) is 30.6 Å². The molecule has 0 radical (unpaired) electrons. The Bertz CT molecular complexity index is 1360. The molecule has 10 heteroatoms. The lowest BCUT2D eigenvalue weighted by atomic mass is 10.1. The lowest BCUT2D eigenvalue weighted by Crippen LogP contribution is -2.28. The Morgan fingerprint density at radius 3 is 2.36 bits per heavy atom. The van der Waals surface area contributed by atoms with Gasteiger partial charge in [-0.1, -0.05) is 35.9 Å². The maximum Gasteiger partial charge on any atom is 0.261 e. The first-order valence-corrected chi connectivity index (χ1v) is 11.8. The monoisotopic (exact) mass is 481 g/mol. The van der Waals surface area contributed by atoms with Gasteiger partial charge in [0.25, 0.3) is 15.9 Å². The van der Waals surface area contributed by atoms with Crippen molar-refractivity contribution in [2.45, 2.75) is 17.9 Å². The molecule has 0 aliphatic carbocycles. The first-order valence-electron chi connectivity index (χ1n) is 9.97. The molecule has 0 aliphatic rings. The van der Waals surface area contributed by atoms with Crippen LogP contribution in [0.2, 0.25) is 5.02 Å². The van der Waals surface area contributed by atoms with Gasteiger partial charge < -0.3 is 5.32 Å². The summed E-state index contributed by atoms with van der Waals surface area (Å²) in [6, 6.07) is 19.4. The van der Waals surface area contributed by atoms with Gasteiger partial charge >= 0.3 is 0 Å². The normalized spacial score (nSPS) is 12.2. The predicted octanol–water partition coefficient (Wildman–Crippen LogP) is 4.21.